The molecule has 0 radical (unpaired) electrons. The van der Waals surface area contributed by atoms with Gasteiger partial charge in [0.25, 0.3) is 0 Å². The standard InChI is InChI=1S/C38H42N4O5/c1-9-22-27-14-28-24(12-17(2)3)26(16-43)29(39-28)15-30-33(21(7)44)19(5)36(41-30)20(6)35-18(4)23(10-11-32(46)47-8)37(42-35)25-13-31(45)34(22)38(25)40-27/h14-18,21,23,44H,9-13H2,1-8H3/t18-,21+,23-/m0/s1. The molecule has 6 aliphatic rings. The summed E-state index contributed by atoms with van der Waals surface area (Å²) in [5.74, 6) is -0.250. The molecule has 0 unspecified atom stereocenters. The molecule has 6 rings (SSSR count). The van der Waals surface area contributed by atoms with Crippen LogP contribution in [0, 0.1) is 17.8 Å². The number of hydrogen-bond donors (Lipinski definition) is 1. The Labute approximate surface area is 275 Å². The van der Waals surface area contributed by atoms with Gasteiger partial charge in [0.05, 0.1) is 53.1 Å². The van der Waals surface area contributed by atoms with Crippen molar-refractivity contribution in [1.82, 2.24) is 0 Å². The lowest BCUT2D eigenvalue weighted by atomic mass is 9.83. The Bertz CT molecular complexity index is 1880. The third kappa shape index (κ3) is 5.34. The van der Waals surface area contributed by atoms with Gasteiger partial charge in [0.1, 0.15) is 0 Å². The molecule has 0 aromatic rings. The number of rotatable bonds is 8. The molecule has 0 spiro atoms. The number of aldehydes is 1. The van der Waals surface area contributed by atoms with Gasteiger partial charge in [0.15, 0.2) is 12.1 Å². The second kappa shape index (κ2) is 12.3. The summed E-state index contributed by atoms with van der Waals surface area (Å²) >= 11 is 0. The minimum absolute atomic E-state index is 0.0107. The van der Waals surface area contributed by atoms with Gasteiger partial charge in [-0.1, -0.05) is 27.7 Å². The maximum Gasteiger partial charge on any atom is 0.305 e. The summed E-state index contributed by atoms with van der Waals surface area (Å²) in [6.07, 6.45) is 5.90. The molecule has 244 valence electrons. The Morgan fingerprint density at radius 2 is 1.77 bits per heavy atom. The fraction of sp³-hybridized carbons (Fsp3) is 0.447. The van der Waals surface area contributed by atoms with Gasteiger partial charge in [-0.25, -0.2) is 15.0 Å². The lowest BCUT2D eigenvalue weighted by molar-refractivity contribution is -0.140. The Balaban J connectivity index is 1.68. The highest BCUT2D eigenvalue weighted by Gasteiger charge is 2.44. The van der Waals surface area contributed by atoms with Gasteiger partial charge in [-0.05, 0) is 80.4 Å². The summed E-state index contributed by atoms with van der Waals surface area (Å²) in [5.41, 5.74) is 11.3. The SMILES string of the molecule is CCC1=C2C(=O)CC3=C4N=C(C(C)=C5N=C(C=C6N=C(C=C1N=C32)C(CC(C)C)=C6C=O)C([C@@H](C)O)=C5C)[C@@H](C)[C@@H]4CCC(=O)OC. The summed E-state index contributed by atoms with van der Waals surface area (Å²) in [6, 6.07) is 0. The van der Waals surface area contributed by atoms with Crippen molar-refractivity contribution >= 4 is 40.9 Å². The first-order valence-electron chi connectivity index (χ1n) is 16.5. The molecule has 0 aromatic heterocycles. The molecule has 1 fully saturated rings. The molecule has 0 saturated heterocycles. The van der Waals surface area contributed by atoms with E-state index in [4.69, 9.17) is 24.7 Å². The molecule has 1 N–H and O–H groups in total. The number of hydrogen-bond acceptors (Lipinski definition) is 9. The van der Waals surface area contributed by atoms with Crippen molar-refractivity contribution in [2.45, 2.75) is 86.7 Å². The Hall–Kier alpha value is -4.37. The predicted molar refractivity (Wildman–Crippen MR) is 183 cm³/mol. The van der Waals surface area contributed by atoms with Gasteiger partial charge >= 0.3 is 5.97 Å². The Morgan fingerprint density at radius 1 is 1.04 bits per heavy atom. The van der Waals surface area contributed by atoms with Crippen LogP contribution in [0.2, 0.25) is 0 Å². The number of nitrogens with zero attached hydrogens (tertiary/aromatic N) is 4. The van der Waals surface area contributed by atoms with Gasteiger partial charge in [0, 0.05) is 52.7 Å². The number of carbonyl (C=O) groups excluding carboxylic acids is 3. The number of carbonyl (C=O) groups is 3. The molecule has 0 amide bonds. The molecule has 5 heterocycles. The van der Waals surface area contributed by atoms with E-state index >= 15 is 0 Å². The zero-order valence-electron chi connectivity index (χ0n) is 28.4. The van der Waals surface area contributed by atoms with Crippen molar-refractivity contribution in [1.29, 1.82) is 0 Å². The van der Waals surface area contributed by atoms with Crippen LogP contribution in [0.25, 0.3) is 0 Å². The summed E-state index contributed by atoms with van der Waals surface area (Å²) < 4.78 is 4.98. The summed E-state index contributed by atoms with van der Waals surface area (Å²) in [6.45, 7) is 14.0. The zero-order valence-corrected chi connectivity index (χ0v) is 28.4. The minimum Gasteiger partial charge on any atom is -0.469 e. The monoisotopic (exact) mass is 634 g/mol. The Morgan fingerprint density at radius 3 is 2.40 bits per heavy atom. The van der Waals surface area contributed by atoms with Crippen LogP contribution in [-0.2, 0) is 19.1 Å². The van der Waals surface area contributed by atoms with Gasteiger partial charge in [-0.2, -0.15) is 0 Å². The zero-order chi connectivity index (χ0) is 33.9. The van der Waals surface area contributed by atoms with Crippen LogP contribution in [0.4, 0.5) is 0 Å². The molecule has 9 nitrogen and oxygen atoms in total. The fourth-order valence-electron chi connectivity index (χ4n) is 7.78. The predicted octanol–water partition coefficient (Wildman–Crippen LogP) is 6.24. The van der Waals surface area contributed by atoms with Crippen LogP contribution >= 0.6 is 0 Å². The first-order valence-corrected chi connectivity index (χ1v) is 16.5. The average Bonchev–Trinajstić information content (AvgIpc) is 3.79. The van der Waals surface area contributed by atoms with Crippen molar-refractivity contribution in [3.63, 3.8) is 0 Å². The van der Waals surface area contributed by atoms with E-state index in [1.165, 1.54) is 7.11 Å². The summed E-state index contributed by atoms with van der Waals surface area (Å²) in [4.78, 5) is 59.1. The van der Waals surface area contributed by atoms with Gasteiger partial charge in [-0.15, -0.1) is 0 Å². The van der Waals surface area contributed by atoms with Crippen LogP contribution in [0.15, 0.2) is 99.5 Å². The maximum absolute atomic E-state index is 13.7. The number of fused-ring (bicyclic) bond motifs is 4. The molecule has 8 bridgehead atoms. The molecule has 1 aliphatic carbocycles. The van der Waals surface area contributed by atoms with Crippen molar-refractivity contribution in [2.75, 3.05) is 7.11 Å². The Kier molecular flexibility index (Phi) is 8.55. The highest BCUT2D eigenvalue weighted by Crippen LogP contribution is 2.46. The summed E-state index contributed by atoms with van der Waals surface area (Å²) in [5, 5.41) is 11.0. The molecule has 5 aliphatic heterocycles. The molecular formula is C38H42N4O5. The number of esters is 1. The van der Waals surface area contributed by atoms with Gasteiger partial charge < -0.3 is 9.84 Å². The lowest BCUT2D eigenvalue weighted by Crippen LogP contribution is -2.19. The van der Waals surface area contributed by atoms with E-state index in [0.717, 1.165) is 45.6 Å². The maximum atomic E-state index is 13.7. The molecule has 9 heteroatoms. The van der Waals surface area contributed by atoms with E-state index in [1.807, 2.05) is 26.8 Å². The third-order valence-electron chi connectivity index (χ3n) is 10.0. The second-order valence-electron chi connectivity index (χ2n) is 13.5. The average molecular weight is 635 g/mol. The first kappa shape index (κ1) is 32.6. The molecule has 3 atom stereocenters. The van der Waals surface area contributed by atoms with E-state index in [0.29, 0.717) is 70.2 Å². The number of aliphatic hydroxyl groups is 1. The quantitative estimate of drug-likeness (QED) is 0.250. The second-order valence-corrected chi connectivity index (χ2v) is 13.5. The van der Waals surface area contributed by atoms with E-state index in [9.17, 15) is 19.5 Å². The molecule has 1 saturated carbocycles. The van der Waals surface area contributed by atoms with E-state index < -0.39 is 6.10 Å². The van der Waals surface area contributed by atoms with Crippen LogP contribution in [0.5, 0.6) is 0 Å². The van der Waals surface area contributed by atoms with Crippen molar-refractivity contribution in [2.24, 2.45) is 37.7 Å². The fourth-order valence-corrected chi connectivity index (χ4v) is 7.78. The van der Waals surface area contributed by atoms with E-state index in [-0.39, 0.29) is 42.3 Å². The highest BCUT2D eigenvalue weighted by molar-refractivity contribution is 6.38. The number of ether oxygens (including phenoxy) is 1. The number of ketones is 1. The third-order valence-corrected chi connectivity index (χ3v) is 10.0. The van der Waals surface area contributed by atoms with Gasteiger partial charge in [-0.3, -0.25) is 19.4 Å². The number of aliphatic hydroxyl groups excluding tert-OH is 1. The molecule has 47 heavy (non-hydrogen) atoms. The van der Waals surface area contributed by atoms with Crippen molar-refractivity contribution < 1.29 is 24.2 Å². The topological polar surface area (TPSA) is 130 Å². The van der Waals surface area contributed by atoms with Crippen LogP contribution < -0.4 is 0 Å². The number of Topliss-reactive ketones (excluding diaryl/α,β-unsaturated/α-hetero) is 1. The van der Waals surface area contributed by atoms with E-state index in [2.05, 4.69) is 20.8 Å². The summed E-state index contributed by atoms with van der Waals surface area (Å²) in [7, 11) is 1.39. The lowest BCUT2D eigenvalue weighted by Gasteiger charge is -2.19. The van der Waals surface area contributed by atoms with Crippen molar-refractivity contribution in [3.8, 4) is 0 Å². The van der Waals surface area contributed by atoms with Crippen LogP contribution in [0.1, 0.15) is 80.6 Å². The minimum atomic E-state index is -0.816. The molecule has 0 aromatic carbocycles. The number of aliphatic imine (C=N–C) groups is 4. The van der Waals surface area contributed by atoms with Crippen molar-refractivity contribution in [3.05, 3.63) is 79.5 Å². The first-order chi connectivity index (χ1) is 22.4. The van der Waals surface area contributed by atoms with E-state index in [1.54, 1.807) is 13.0 Å². The largest absolute Gasteiger partial charge is 0.469 e. The van der Waals surface area contributed by atoms with Gasteiger partial charge in [0.2, 0.25) is 0 Å². The smallest absolute Gasteiger partial charge is 0.305 e. The van der Waals surface area contributed by atoms with Crippen LogP contribution in [-0.4, -0.2) is 59.2 Å². The highest BCUT2D eigenvalue weighted by atomic mass is 16.5. The number of methoxy groups -OCH3 is 1. The molecular weight excluding hydrogens is 592 g/mol. The number of allylic oxidation sites excluding steroid dienone is 10. The normalized spacial score (nSPS) is 24.3. The van der Waals surface area contributed by atoms with Crippen LogP contribution in [0.3, 0.4) is 0 Å².